The fourth-order valence-corrected chi connectivity index (χ4v) is 3.58. The number of amides is 3. The lowest BCUT2D eigenvalue weighted by atomic mass is 10.0. The summed E-state index contributed by atoms with van der Waals surface area (Å²) in [4.78, 5) is 29.2. The van der Waals surface area contributed by atoms with Crippen molar-refractivity contribution >= 4 is 17.6 Å². The smallest absolute Gasteiger partial charge is 0.321 e. The Labute approximate surface area is 171 Å². The summed E-state index contributed by atoms with van der Waals surface area (Å²) in [5.74, 6) is 0.526. The third-order valence-electron chi connectivity index (χ3n) is 5.05. The average Bonchev–Trinajstić information content (AvgIpc) is 2.75. The van der Waals surface area contributed by atoms with Gasteiger partial charge in [0.2, 0.25) is 5.91 Å². The molecule has 3 amide bonds. The molecule has 1 saturated heterocycles. The van der Waals surface area contributed by atoms with Crippen molar-refractivity contribution in [3.8, 4) is 5.75 Å². The van der Waals surface area contributed by atoms with E-state index in [4.69, 9.17) is 4.74 Å². The van der Waals surface area contributed by atoms with E-state index < -0.39 is 12.1 Å². The number of carbonyl (C=O) groups is 2. The summed E-state index contributed by atoms with van der Waals surface area (Å²) in [6.07, 6.45) is 0. The van der Waals surface area contributed by atoms with Crippen LogP contribution in [0.15, 0.2) is 54.6 Å². The molecule has 2 aromatic rings. The van der Waals surface area contributed by atoms with Crippen LogP contribution in [0, 0.1) is 0 Å². The molecule has 1 heterocycles. The number of piperazine rings is 1. The fourth-order valence-electron chi connectivity index (χ4n) is 3.58. The second-order valence-electron chi connectivity index (χ2n) is 6.88. The molecule has 3 rings (SSSR count). The number of benzene rings is 2. The van der Waals surface area contributed by atoms with Crippen molar-refractivity contribution in [1.29, 1.82) is 0 Å². The Balaban J connectivity index is 1.70. The second-order valence-corrected chi connectivity index (χ2v) is 6.88. The SMILES string of the molecule is CCNC(=O)NC(=O)[C@@H](c1ccccc1)N1CCN(c2ccc(OC)cc2)CC1. The minimum Gasteiger partial charge on any atom is -0.497 e. The van der Waals surface area contributed by atoms with Gasteiger partial charge >= 0.3 is 6.03 Å². The van der Waals surface area contributed by atoms with Crippen molar-refractivity contribution in [3.05, 3.63) is 60.2 Å². The number of imide groups is 1. The zero-order valence-corrected chi connectivity index (χ0v) is 16.9. The van der Waals surface area contributed by atoms with E-state index in [2.05, 4.69) is 20.4 Å². The first kappa shape index (κ1) is 20.7. The van der Waals surface area contributed by atoms with Gasteiger partial charge < -0.3 is 15.0 Å². The van der Waals surface area contributed by atoms with E-state index >= 15 is 0 Å². The zero-order chi connectivity index (χ0) is 20.6. The molecule has 0 saturated carbocycles. The van der Waals surface area contributed by atoms with Crippen LogP contribution in [0.1, 0.15) is 18.5 Å². The molecule has 0 spiro atoms. The Hall–Kier alpha value is -3.06. The number of nitrogens with zero attached hydrogens (tertiary/aromatic N) is 2. The third-order valence-corrected chi connectivity index (χ3v) is 5.05. The van der Waals surface area contributed by atoms with Crippen LogP contribution in [0.25, 0.3) is 0 Å². The van der Waals surface area contributed by atoms with Crippen molar-refractivity contribution in [2.24, 2.45) is 0 Å². The van der Waals surface area contributed by atoms with Crippen molar-refractivity contribution in [1.82, 2.24) is 15.5 Å². The topological polar surface area (TPSA) is 73.9 Å². The first-order chi connectivity index (χ1) is 14.1. The van der Waals surface area contributed by atoms with Gasteiger partial charge in [-0.2, -0.15) is 0 Å². The largest absolute Gasteiger partial charge is 0.497 e. The lowest BCUT2D eigenvalue weighted by molar-refractivity contribution is -0.125. The maximum atomic E-state index is 12.9. The van der Waals surface area contributed by atoms with Crippen molar-refractivity contribution in [2.75, 3.05) is 44.7 Å². The van der Waals surface area contributed by atoms with Gasteiger partial charge in [-0.3, -0.25) is 15.0 Å². The van der Waals surface area contributed by atoms with Crippen LogP contribution in [0.4, 0.5) is 10.5 Å². The molecule has 1 aliphatic rings. The average molecular weight is 396 g/mol. The van der Waals surface area contributed by atoms with Crippen LogP contribution in [0.3, 0.4) is 0 Å². The van der Waals surface area contributed by atoms with Crippen LogP contribution in [-0.4, -0.2) is 56.7 Å². The predicted molar refractivity (Wildman–Crippen MR) is 113 cm³/mol. The van der Waals surface area contributed by atoms with Crippen LogP contribution in [-0.2, 0) is 4.79 Å². The number of anilines is 1. The van der Waals surface area contributed by atoms with Gasteiger partial charge in [0.1, 0.15) is 11.8 Å². The highest BCUT2D eigenvalue weighted by Crippen LogP contribution is 2.25. The molecule has 154 valence electrons. The molecule has 1 fully saturated rings. The molecule has 7 heteroatoms. The highest BCUT2D eigenvalue weighted by molar-refractivity contribution is 5.97. The van der Waals surface area contributed by atoms with E-state index in [0.717, 1.165) is 30.1 Å². The standard InChI is InChI=1S/C22H28N4O3/c1-3-23-22(28)24-21(27)20(17-7-5-4-6-8-17)26-15-13-25(14-16-26)18-9-11-19(29-2)12-10-18/h4-12,20H,3,13-16H2,1-2H3,(H2,23,24,27,28)/t20-/m1/s1. The van der Waals surface area contributed by atoms with E-state index in [1.807, 2.05) is 61.5 Å². The lowest BCUT2D eigenvalue weighted by Crippen LogP contribution is -2.52. The van der Waals surface area contributed by atoms with Gasteiger partial charge in [0.15, 0.2) is 0 Å². The molecular formula is C22H28N4O3. The summed E-state index contributed by atoms with van der Waals surface area (Å²) < 4.78 is 5.23. The summed E-state index contributed by atoms with van der Waals surface area (Å²) in [5.41, 5.74) is 2.01. The molecule has 1 atom stereocenters. The minimum absolute atomic E-state index is 0.306. The van der Waals surface area contributed by atoms with E-state index in [0.29, 0.717) is 19.6 Å². The molecular weight excluding hydrogens is 368 g/mol. The van der Waals surface area contributed by atoms with Gasteiger partial charge in [-0.25, -0.2) is 4.79 Å². The van der Waals surface area contributed by atoms with Gasteiger partial charge in [-0.1, -0.05) is 30.3 Å². The Morgan fingerprint density at radius 2 is 1.66 bits per heavy atom. The molecule has 2 aromatic carbocycles. The van der Waals surface area contributed by atoms with E-state index in [-0.39, 0.29) is 5.91 Å². The van der Waals surface area contributed by atoms with Gasteiger partial charge in [0, 0.05) is 38.4 Å². The van der Waals surface area contributed by atoms with Crippen LogP contribution < -0.4 is 20.3 Å². The number of hydrogen-bond donors (Lipinski definition) is 2. The highest BCUT2D eigenvalue weighted by atomic mass is 16.5. The Kier molecular flexibility index (Phi) is 7.08. The Morgan fingerprint density at radius 1 is 1.00 bits per heavy atom. The summed E-state index contributed by atoms with van der Waals surface area (Å²) in [6.45, 7) is 5.31. The van der Waals surface area contributed by atoms with E-state index in [9.17, 15) is 9.59 Å². The molecule has 0 unspecified atom stereocenters. The van der Waals surface area contributed by atoms with Crippen LogP contribution >= 0.6 is 0 Å². The molecule has 0 aliphatic carbocycles. The van der Waals surface area contributed by atoms with Crippen molar-refractivity contribution in [3.63, 3.8) is 0 Å². The molecule has 0 aromatic heterocycles. The summed E-state index contributed by atoms with van der Waals surface area (Å²) in [6, 6.07) is 16.6. The maximum Gasteiger partial charge on any atom is 0.321 e. The van der Waals surface area contributed by atoms with Gasteiger partial charge in [0.05, 0.1) is 7.11 Å². The number of hydrogen-bond acceptors (Lipinski definition) is 5. The number of carbonyl (C=O) groups excluding carboxylic acids is 2. The van der Waals surface area contributed by atoms with Crippen LogP contribution in [0.5, 0.6) is 5.75 Å². The maximum absolute atomic E-state index is 12.9. The lowest BCUT2D eigenvalue weighted by Gasteiger charge is -2.39. The molecule has 2 N–H and O–H groups in total. The van der Waals surface area contributed by atoms with Crippen LogP contribution in [0.2, 0.25) is 0 Å². The molecule has 0 radical (unpaired) electrons. The zero-order valence-electron chi connectivity index (χ0n) is 16.9. The Morgan fingerprint density at radius 3 is 2.24 bits per heavy atom. The number of rotatable bonds is 6. The quantitative estimate of drug-likeness (QED) is 0.784. The normalized spacial score (nSPS) is 15.4. The third kappa shape index (κ3) is 5.26. The fraction of sp³-hybridized carbons (Fsp3) is 0.364. The first-order valence-corrected chi connectivity index (χ1v) is 9.89. The molecule has 29 heavy (non-hydrogen) atoms. The number of urea groups is 1. The molecule has 1 aliphatic heterocycles. The van der Waals surface area contributed by atoms with E-state index in [1.165, 1.54) is 0 Å². The predicted octanol–water partition coefficient (Wildman–Crippen LogP) is 2.40. The summed E-state index contributed by atoms with van der Waals surface area (Å²) in [5, 5.41) is 5.09. The Bertz CT molecular complexity index is 803. The van der Waals surface area contributed by atoms with Gasteiger partial charge in [-0.05, 0) is 36.8 Å². The first-order valence-electron chi connectivity index (χ1n) is 9.89. The molecule has 7 nitrogen and oxygen atoms in total. The van der Waals surface area contributed by atoms with Gasteiger partial charge in [-0.15, -0.1) is 0 Å². The summed E-state index contributed by atoms with van der Waals surface area (Å²) >= 11 is 0. The molecule has 0 bridgehead atoms. The minimum atomic E-state index is -0.503. The number of ether oxygens (including phenoxy) is 1. The highest BCUT2D eigenvalue weighted by Gasteiger charge is 2.31. The van der Waals surface area contributed by atoms with Gasteiger partial charge in [0.25, 0.3) is 0 Å². The number of nitrogens with one attached hydrogen (secondary N) is 2. The summed E-state index contributed by atoms with van der Waals surface area (Å²) in [7, 11) is 1.66. The van der Waals surface area contributed by atoms with Crippen molar-refractivity contribution < 1.29 is 14.3 Å². The second kappa shape index (κ2) is 9.93. The van der Waals surface area contributed by atoms with Crippen molar-refractivity contribution in [2.45, 2.75) is 13.0 Å². The van der Waals surface area contributed by atoms with E-state index in [1.54, 1.807) is 7.11 Å². The monoisotopic (exact) mass is 396 g/mol. The number of methoxy groups -OCH3 is 1.